The molecule has 12 heteroatoms. The first-order valence-electron chi connectivity index (χ1n) is 10.5. The van der Waals surface area contributed by atoms with E-state index in [0.717, 1.165) is 19.2 Å². The molecular weight excluding hydrogens is 474 g/mol. The molecule has 2 aromatic rings. The number of alkyl halides is 2. The van der Waals surface area contributed by atoms with Crippen LogP contribution in [0.1, 0.15) is 37.2 Å². The van der Waals surface area contributed by atoms with Gasteiger partial charge in [-0.2, -0.15) is 0 Å². The summed E-state index contributed by atoms with van der Waals surface area (Å²) < 4.78 is 22.0. The number of benzene rings is 1. The maximum absolute atomic E-state index is 12.3. The molecule has 1 aromatic carbocycles. The predicted molar refractivity (Wildman–Crippen MR) is 122 cm³/mol. The summed E-state index contributed by atoms with van der Waals surface area (Å²) in [7, 11) is 0. The number of carbonyl (C=O) groups is 4. The van der Waals surface area contributed by atoms with E-state index in [0.29, 0.717) is 23.5 Å². The van der Waals surface area contributed by atoms with Crippen LogP contribution in [-0.2, 0) is 14.4 Å². The zero-order chi connectivity index (χ0) is 25.5. The molecule has 34 heavy (non-hydrogen) atoms. The highest BCUT2D eigenvalue weighted by Gasteiger charge is 2.31. The Hall–Kier alpha value is -3.05. The highest BCUT2D eigenvalue weighted by Crippen LogP contribution is 2.23. The number of hydrogen-bond acceptors (Lipinski definition) is 5. The number of halogens is 3. The van der Waals surface area contributed by atoms with Crippen molar-refractivity contribution in [2.45, 2.75) is 38.7 Å². The standard InChI is InChI=1S/C19H21ClN4O5.C3H6F2/c20-12-3-1-2-10-6-14(24-17(10)12)19(29)22-8-16(27)23-13(15(26)9-25)7-11-4-5-21-18(11)28;1-3(2,4)5/h1-3,6,11,13,24-25H,4-5,7-9H2,(H,21,28)(H,22,29)(H,23,27);1-2H3/t11-,13-;/m0./s1. The molecule has 1 fully saturated rings. The SMILES string of the molecule is CC(C)(F)F.O=C(CNC(=O)c1cc2cccc(Cl)c2[nH]1)N[C@@H](C[C@@H]1CCNC1=O)C(=O)CO. The average Bonchev–Trinajstić information content (AvgIpc) is 3.37. The Morgan fingerprint density at radius 3 is 2.53 bits per heavy atom. The molecule has 5 N–H and O–H groups in total. The Morgan fingerprint density at radius 1 is 1.29 bits per heavy atom. The minimum Gasteiger partial charge on any atom is -0.389 e. The molecule has 1 aromatic heterocycles. The molecule has 1 aliphatic rings. The first-order chi connectivity index (χ1) is 15.9. The Labute approximate surface area is 199 Å². The average molecular weight is 501 g/mol. The fourth-order valence-electron chi connectivity index (χ4n) is 3.28. The Kier molecular flexibility index (Phi) is 9.51. The van der Waals surface area contributed by atoms with Gasteiger partial charge in [-0.1, -0.05) is 23.7 Å². The Bertz CT molecular complexity index is 1050. The minimum atomic E-state index is -2.50. The van der Waals surface area contributed by atoms with Crippen molar-refractivity contribution in [1.29, 1.82) is 0 Å². The molecule has 9 nitrogen and oxygen atoms in total. The van der Waals surface area contributed by atoms with Gasteiger partial charge in [-0.05, 0) is 38.8 Å². The van der Waals surface area contributed by atoms with Gasteiger partial charge in [-0.25, -0.2) is 8.78 Å². The van der Waals surface area contributed by atoms with Crippen LogP contribution in [0.4, 0.5) is 8.78 Å². The molecule has 186 valence electrons. The number of ketones is 1. The third kappa shape index (κ3) is 8.38. The molecule has 0 radical (unpaired) electrons. The van der Waals surface area contributed by atoms with E-state index >= 15 is 0 Å². The quantitative estimate of drug-likeness (QED) is 0.376. The number of carbonyl (C=O) groups excluding carboxylic acids is 4. The highest BCUT2D eigenvalue weighted by atomic mass is 35.5. The second kappa shape index (κ2) is 11.9. The Balaban J connectivity index is 0.000000739. The molecule has 0 unspecified atom stereocenters. The number of Topliss-reactive ketones (excluding diaryl/α,β-unsaturated/α-hetero) is 1. The summed E-state index contributed by atoms with van der Waals surface area (Å²) in [6, 6.07) is 5.87. The molecule has 0 spiro atoms. The van der Waals surface area contributed by atoms with E-state index in [9.17, 15) is 28.0 Å². The van der Waals surface area contributed by atoms with Gasteiger partial charge in [0, 0.05) is 17.8 Å². The van der Waals surface area contributed by atoms with E-state index in [4.69, 9.17) is 16.7 Å². The summed E-state index contributed by atoms with van der Waals surface area (Å²) in [5.74, 6) is -4.78. The largest absolute Gasteiger partial charge is 0.389 e. The van der Waals surface area contributed by atoms with Crippen LogP contribution in [0, 0.1) is 5.92 Å². The lowest BCUT2D eigenvalue weighted by Gasteiger charge is -2.19. The van der Waals surface area contributed by atoms with Crippen LogP contribution in [0.2, 0.25) is 5.02 Å². The van der Waals surface area contributed by atoms with Gasteiger partial charge in [-0.3, -0.25) is 19.2 Å². The molecule has 3 rings (SSSR count). The fourth-order valence-corrected chi connectivity index (χ4v) is 3.51. The zero-order valence-electron chi connectivity index (χ0n) is 18.7. The first kappa shape index (κ1) is 27.2. The van der Waals surface area contributed by atoms with Crippen LogP contribution in [0.15, 0.2) is 24.3 Å². The second-order valence-electron chi connectivity index (χ2n) is 8.15. The molecule has 1 saturated heterocycles. The smallest absolute Gasteiger partial charge is 0.268 e. The number of aliphatic hydroxyl groups excluding tert-OH is 1. The molecular formula is C22H27ClF2N4O5. The van der Waals surface area contributed by atoms with E-state index in [-0.39, 0.29) is 24.6 Å². The van der Waals surface area contributed by atoms with Gasteiger partial charge in [0.1, 0.15) is 12.3 Å². The van der Waals surface area contributed by atoms with Crippen LogP contribution in [-0.4, -0.2) is 65.3 Å². The van der Waals surface area contributed by atoms with Gasteiger partial charge in [-0.15, -0.1) is 0 Å². The number of amides is 3. The van der Waals surface area contributed by atoms with Crippen molar-refractivity contribution in [3.63, 3.8) is 0 Å². The van der Waals surface area contributed by atoms with Gasteiger partial charge >= 0.3 is 0 Å². The molecule has 2 atom stereocenters. The van der Waals surface area contributed by atoms with Crippen molar-refractivity contribution in [3.8, 4) is 0 Å². The van der Waals surface area contributed by atoms with E-state index in [1.54, 1.807) is 24.3 Å². The summed E-state index contributed by atoms with van der Waals surface area (Å²) in [5.41, 5.74) is 0.860. The first-order valence-corrected chi connectivity index (χ1v) is 10.9. The van der Waals surface area contributed by atoms with Gasteiger partial charge in [0.15, 0.2) is 5.78 Å². The van der Waals surface area contributed by atoms with Crippen LogP contribution in [0.3, 0.4) is 0 Å². The molecule has 0 bridgehead atoms. The fraction of sp³-hybridized carbons (Fsp3) is 0.455. The van der Waals surface area contributed by atoms with E-state index in [1.807, 2.05) is 0 Å². The maximum Gasteiger partial charge on any atom is 0.268 e. The number of aliphatic hydroxyl groups is 1. The van der Waals surface area contributed by atoms with Crippen molar-refractivity contribution in [3.05, 3.63) is 35.0 Å². The molecule has 2 heterocycles. The summed E-state index contributed by atoms with van der Waals surface area (Å²) in [6.07, 6.45) is 0.662. The number of nitrogens with one attached hydrogen (secondary N) is 4. The number of para-hydroxylation sites is 1. The number of aromatic nitrogens is 1. The maximum atomic E-state index is 12.3. The van der Waals surface area contributed by atoms with Crippen LogP contribution >= 0.6 is 11.6 Å². The lowest BCUT2D eigenvalue weighted by atomic mass is 9.96. The lowest BCUT2D eigenvalue weighted by Crippen LogP contribution is -2.47. The van der Waals surface area contributed by atoms with Crippen molar-refractivity contribution in [2.24, 2.45) is 5.92 Å². The molecule has 0 saturated carbocycles. The predicted octanol–water partition coefficient (Wildman–Crippen LogP) is 1.78. The monoisotopic (exact) mass is 500 g/mol. The number of H-pyrrole nitrogens is 1. The van der Waals surface area contributed by atoms with Crippen LogP contribution in [0.5, 0.6) is 0 Å². The van der Waals surface area contributed by atoms with Crippen molar-refractivity contribution in [1.82, 2.24) is 20.9 Å². The minimum absolute atomic E-state index is 0.103. The molecule has 3 amide bonds. The number of aromatic amines is 1. The zero-order valence-corrected chi connectivity index (χ0v) is 19.5. The lowest BCUT2D eigenvalue weighted by molar-refractivity contribution is -0.130. The third-order valence-electron chi connectivity index (χ3n) is 4.82. The van der Waals surface area contributed by atoms with Gasteiger partial charge in [0.25, 0.3) is 5.91 Å². The highest BCUT2D eigenvalue weighted by molar-refractivity contribution is 6.35. The number of rotatable bonds is 8. The second-order valence-corrected chi connectivity index (χ2v) is 8.56. The summed E-state index contributed by atoms with van der Waals surface area (Å²) in [6.45, 7) is 1.11. The van der Waals surface area contributed by atoms with Gasteiger partial charge < -0.3 is 26.0 Å². The van der Waals surface area contributed by atoms with Crippen molar-refractivity contribution in [2.75, 3.05) is 19.7 Å². The van der Waals surface area contributed by atoms with Crippen molar-refractivity contribution >= 4 is 46.0 Å². The van der Waals surface area contributed by atoms with E-state index < -0.39 is 42.1 Å². The molecule has 0 aliphatic carbocycles. The van der Waals surface area contributed by atoms with Crippen molar-refractivity contribution < 1.29 is 33.1 Å². The van der Waals surface area contributed by atoms with Crippen LogP contribution < -0.4 is 16.0 Å². The number of fused-ring (bicyclic) bond motifs is 1. The summed E-state index contributed by atoms with van der Waals surface area (Å²) >= 11 is 6.08. The van der Waals surface area contributed by atoms with Gasteiger partial charge in [0.2, 0.25) is 17.7 Å². The summed E-state index contributed by atoms with van der Waals surface area (Å²) in [5, 5.41) is 18.0. The van der Waals surface area contributed by atoms with E-state index in [2.05, 4.69) is 20.9 Å². The summed E-state index contributed by atoms with van der Waals surface area (Å²) in [4.78, 5) is 51.0. The van der Waals surface area contributed by atoms with E-state index in [1.165, 1.54) is 0 Å². The Morgan fingerprint density at radius 2 is 1.97 bits per heavy atom. The molecule has 1 aliphatic heterocycles. The number of hydrogen-bond donors (Lipinski definition) is 5. The van der Waals surface area contributed by atoms with Crippen LogP contribution in [0.25, 0.3) is 10.9 Å². The third-order valence-corrected chi connectivity index (χ3v) is 5.14. The normalized spacial score (nSPS) is 16.3. The topological polar surface area (TPSA) is 140 Å². The van der Waals surface area contributed by atoms with Gasteiger partial charge in [0.05, 0.1) is 23.1 Å².